The van der Waals surface area contributed by atoms with Crippen LogP contribution in [0.4, 0.5) is 9.59 Å². The first-order valence-corrected chi connectivity index (χ1v) is 21.5. The van der Waals surface area contributed by atoms with Crippen molar-refractivity contribution in [1.29, 1.82) is 0 Å². The fraction of sp³-hybridized carbons (Fsp3) is 0.733. The zero-order valence-electron chi connectivity index (χ0n) is 38.6. The molecule has 0 bridgehead atoms. The molecule has 0 heterocycles. The van der Waals surface area contributed by atoms with Gasteiger partial charge in [-0.3, -0.25) is 9.80 Å². The van der Waals surface area contributed by atoms with Crippen LogP contribution in [-0.2, 0) is 60.2 Å². The van der Waals surface area contributed by atoms with Gasteiger partial charge in [-0.15, -0.1) is 0 Å². The first kappa shape index (κ1) is 55.5. The molecular formula is C45H78N2O14. The quantitative estimate of drug-likeness (QED) is 0.0385. The number of rotatable bonds is 39. The Kier molecular flexibility index (Phi) is 34.8. The monoisotopic (exact) mass is 871 g/mol. The SMILES string of the molecule is CCCCCc1cc(OCN(C)C(=O)OCCOCCOCCOCCOC)c(CC=C(C)CCC=C(C)C)c(OCN(C)C(=O)OCCOCCOCCOCCOC)c1. The Labute approximate surface area is 365 Å². The molecule has 0 saturated carbocycles. The molecule has 16 nitrogen and oxygen atoms in total. The fourth-order valence-electron chi connectivity index (χ4n) is 5.23. The molecule has 0 aliphatic rings. The number of unbranched alkanes of at least 4 members (excludes halogenated alkanes) is 2. The molecule has 0 radical (unpaired) electrons. The number of carbonyl (C=O) groups excluding carboxylic acids is 2. The van der Waals surface area contributed by atoms with Crippen molar-refractivity contribution in [3.8, 4) is 11.5 Å². The van der Waals surface area contributed by atoms with Gasteiger partial charge < -0.3 is 56.8 Å². The van der Waals surface area contributed by atoms with E-state index in [2.05, 4.69) is 39.8 Å². The number of aryl methyl sites for hydroxylation is 1. The summed E-state index contributed by atoms with van der Waals surface area (Å²) in [6.45, 7) is 14.6. The average Bonchev–Trinajstić information content (AvgIpc) is 3.24. The number of ether oxygens (including phenoxy) is 12. The van der Waals surface area contributed by atoms with Crippen LogP contribution in [0.25, 0.3) is 0 Å². The molecule has 1 aromatic carbocycles. The smallest absolute Gasteiger partial charge is 0.412 e. The van der Waals surface area contributed by atoms with Crippen LogP contribution in [0.15, 0.2) is 35.4 Å². The van der Waals surface area contributed by atoms with E-state index in [9.17, 15) is 9.59 Å². The van der Waals surface area contributed by atoms with Crippen molar-refractivity contribution in [1.82, 2.24) is 9.80 Å². The standard InChI is InChI=1S/C45H78N2O14/c1-9-10-11-15-40-34-42(60-36-46(5)44(48)58-32-30-56-28-26-54-24-22-52-20-18-50-7)41(17-16-39(4)14-12-13-38(2)3)43(35-40)61-37-47(6)45(49)59-33-31-57-29-27-55-25-23-53-21-19-51-8/h13,16,34-35H,9-12,14-15,17-33,36-37H2,1-8H3. The Balaban J connectivity index is 2.87. The molecule has 2 amide bonds. The molecule has 0 unspecified atom stereocenters. The van der Waals surface area contributed by atoms with Crippen molar-refractivity contribution in [2.45, 2.75) is 72.6 Å². The van der Waals surface area contributed by atoms with E-state index >= 15 is 0 Å². The number of amides is 2. The van der Waals surface area contributed by atoms with Gasteiger partial charge in [-0.25, -0.2) is 9.59 Å². The lowest BCUT2D eigenvalue weighted by Crippen LogP contribution is -2.32. The van der Waals surface area contributed by atoms with Crippen LogP contribution in [0.3, 0.4) is 0 Å². The zero-order valence-corrected chi connectivity index (χ0v) is 38.6. The predicted octanol–water partition coefficient (Wildman–Crippen LogP) is 6.86. The summed E-state index contributed by atoms with van der Waals surface area (Å²) in [4.78, 5) is 28.4. The summed E-state index contributed by atoms with van der Waals surface area (Å²) in [5.41, 5.74) is 4.34. The Morgan fingerprint density at radius 2 is 0.984 bits per heavy atom. The van der Waals surface area contributed by atoms with Crippen molar-refractivity contribution in [3.05, 3.63) is 46.6 Å². The second-order valence-electron chi connectivity index (χ2n) is 14.4. The molecule has 352 valence electrons. The highest BCUT2D eigenvalue weighted by Crippen LogP contribution is 2.33. The topological polar surface area (TPSA) is 151 Å². The van der Waals surface area contributed by atoms with E-state index in [1.54, 1.807) is 28.3 Å². The van der Waals surface area contributed by atoms with Gasteiger partial charge in [-0.1, -0.05) is 43.1 Å². The molecule has 1 aromatic rings. The van der Waals surface area contributed by atoms with Crippen LogP contribution >= 0.6 is 0 Å². The van der Waals surface area contributed by atoms with Crippen LogP contribution < -0.4 is 9.47 Å². The molecule has 16 heteroatoms. The third kappa shape index (κ3) is 30.3. The van der Waals surface area contributed by atoms with Gasteiger partial charge in [0, 0.05) is 33.9 Å². The molecule has 0 aliphatic carbocycles. The summed E-state index contributed by atoms with van der Waals surface area (Å²) in [6.07, 6.45) is 9.65. The number of hydrogen-bond donors (Lipinski definition) is 0. The van der Waals surface area contributed by atoms with E-state index in [1.165, 1.54) is 20.9 Å². The van der Waals surface area contributed by atoms with Crippen LogP contribution in [-0.4, -0.2) is 169 Å². The van der Waals surface area contributed by atoms with E-state index in [1.807, 2.05) is 12.1 Å². The Hall–Kier alpha value is -3.48. The minimum absolute atomic E-state index is 0.0577. The summed E-state index contributed by atoms with van der Waals surface area (Å²) < 4.78 is 66.1. The second kappa shape index (κ2) is 38.2. The van der Waals surface area contributed by atoms with Gasteiger partial charge in [0.2, 0.25) is 0 Å². The van der Waals surface area contributed by atoms with Gasteiger partial charge in [0.05, 0.1) is 92.5 Å². The van der Waals surface area contributed by atoms with Gasteiger partial charge in [0.15, 0.2) is 13.5 Å². The van der Waals surface area contributed by atoms with Crippen LogP contribution in [0, 0.1) is 0 Å². The van der Waals surface area contributed by atoms with E-state index in [-0.39, 0.29) is 39.9 Å². The molecule has 0 atom stereocenters. The zero-order chi connectivity index (χ0) is 44.8. The van der Waals surface area contributed by atoms with Gasteiger partial charge in [-0.05, 0) is 70.6 Å². The lowest BCUT2D eigenvalue weighted by molar-refractivity contribution is -0.00474. The predicted molar refractivity (Wildman–Crippen MR) is 234 cm³/mol. The van der Waals surface area contributed by atoms with Crippen LogP contribution in [0.1, 0.15) is 70.9 Å². The first-order valence-electron chi connectivity index (χ1n) is 21.5. The maximum absolute atomic E-state index is 12.9. The van der Waals surface area contributed by atoms with E-state index in [0.717, 1.165) is 49.7 Å². The van der Waals surface area contributed by atoms with E-state index in [0.29, 0.717) is 97.2 Å². The number of hydrogen-bond acceptors (Lipinski definition) is 14. The van der Waals surface area contributed by atoms with Crippen LogP contribution in [0.5, 0.6) is 11.5 Å². The third-order valence-electron chi connectivity index (χ3n) is 8.75. The summed E-state index contributed by atoms with van der Waals surface area (Å²) in [6, 6.07) is 4.04. The summed E-state index contributed by atoms with van der Waals surface area (Å²) in [7, 11) is 6.48. The van der Waals surface area contributed by atoms with E-state index in [4.69, 9.17) is 56.8 Å². The molecule has 0 fully saturated rings. The minimum atomic E-state index is -0.543. The molecule has 0 spiro atoms. The van der Waals surface area contributed by atoms with Gasteiger partial charge >= 0.3 is 12.2 Å². The minimum Gasteiger partial charge on any atom is -0.472 e. The summed E-state index contributed by atoms with van der Waals surface area (Å²) >= 11 is 0. The Morgan fingerprint density at radius 1 is 0.574 bits per heavy atom. The number of carbonyl (C=O) groups is 2. The van der Waals surface area contributed by atoms with E-state index < -0.39 is 12.2 Å². The van der Waals surface area contributed by atoms with Gasteiger partial charge in [-0.2, -0.15) is 0 Å². The first-order chi connectivity index (χ1) is 29.6. The number of allylic oxidation sites excluding steroid dienone is 4. The maximum atomic E-state index is 12.9. The van der Waals surface area contributed by atoms with Crippen molar-refractivity contribution in [2.75, 3.05) is 147 Å². The number of methoxy groups -OCH3 is 2. The molecule has 0 aromatic heterocycles. The lowest BCUT2D eigenvalue weighted by Gasteiger charge is -2.23. The lowest BCUT2D eigenvalue weighted by atomic mass is 10.00. The normalized spacial score (nSPS) is 11.4. The molecule has 0 saturated heterocycles. The highest BCUT2D eigenvalue weighted by molar-refractivity contribution is 5.67. The van der Waals surface area contributed by atoms with Gasteiger partial charge in [0.1, 0.15) is 24.7 Å². The molecule has 1 rings (SSSR count). The third-order valence-corrected chi connectivity index (χ3v) is 8.75. The van der Waals surface area contributed by atoms with Crippen molar-refractivity contribution in [2.24, 2.45) is 0 Å². The highest BCUT2D eigenvalue weighted by atomic mass is 16.6. The van der Waals surface area contributed by atoms with Crippen molar-refractivity contribution >= 4 is 12.2 Å². The summed E-state index contributed by atoms with van der Waals surface area (Å²) in [5, 5.41) is 0. The maximum Gasteiger partial charge on any atom is 0.412 e. The Morgan fingerprint density at radius 3 is 1.38 bits per heavy atom. The van der Waals surface area contributed by atoms with Gasteiger partial charge in [0.25, 0.3) is 0 Å². The largest absolute Gasteiger partial charge is 0.472 e. The second-order valence-corrected chi connectivity index (χ2v) is 14.4. The highest BCUT2D eigenvalue weighted by Gasteiger charge is 2.18. The molecule has 61 heavy (non-hydrogen) atoms. The van der Waals surface area contributed by atoms with Crippen LogP contribution in [0.2, 0.25) is 0 Å². The summed E-state index contributed by atoms with van der Waals surface area (Å²) in [5.74, 6) is 1.18. The molecule has 0 aliphatic heterocycles. The molecule has 0 N–H and O–H groups in total. The number of benzene rings is 1. The average molecular weight is 871 g/mol. The fourth-order valence-corrected chi connectivity index (χ4v) is 5.23. The molecular weight excluding hydrogens is 792 g/mol. The van der Waals surface area contributed by atoms with Crippen molar-refractivity contribution in [3.63, 3.8) is 0 Å². The number of nitrogens with zero attached hydrogens (tertiary/aromatic N) is 2. The Bertz CT molecular complexity index is 1250. The van der Waals surface area contributed by atoms with Crippen molar-refractivity contribution < 1.29 is 66.4 Å².